The Morgan fingerprint density at radius 1 is 1.12 bits per heavy atom. The molecule has 0 aromatic heterocycles. The number of amides is 1. The van der Waals surface area contributed by atoms with Gasteiger partial charge in [0.15, 0.2) is 0 Å². The van der Waals surface area contributed by atoms with Gasteiger partial charge in [0.2, 0.25) is 5.91 Å². The van der Waals surface area contributed by atoms with Crippen molar-refractivity contribution >= 4 is 5.91 Å². The fourth-order valence-corrected chi connectivity index (χ4v) is 2.21. The molecule has 0 N–H and O–H groups in total. The van der Waals surface area contributed by atoms with E-state index in [9.17, 15) is 13.6 Å². The molecule has 0 bridgehead atoms. The lowest BCUT2D eigenvalue weighted by Gasteiger charge is -2.26. The second kappa shape index (κ2) is 10.3. The highest BCUT2D eigenvalue weighted by atomic mass is 19.1. The smallest absolute Gasteiger partial charge is 0.236 e. The Hall–Kier alpha value is -2.51. The maximum Gasteiger partial charge on any atom is 0.236 e. The molecule has 0 saturated heterocycles. The van der Waals surface area contributed by atoms with Crippen molar-refractivity contribution in [3.8, 4) is 12.1 Å². The molecule has 0 aliphatic carbocycles. The Morgan fingerprint density at radius 2 is 1.67 bits per heavy atom. The number of likely N-dealkylation sites (N-methyl/N-ethyl adjacent to an activating group) is 1. The average molecular weight is 334 g/mol. The molecular formula is C17H20F2N4O. The molecule has 0 fully saturated rings. The Balaban J connectivity index is 2.76. The van der Waals surface area contributed by atoms with E-state index in [1.807, 2.05) is 12.1 Å². The lowest BCUT2D eigenvalue weighted by Crippen LogP contribution is -2.41. The van der Waals surface area contributed by atoms with Gasteiger partial charge < -0.3 is 4.90 Å². The first-order valence-electron chi connectivity index (χ1n) is 7.70. The molecular weight excluding hydrogens is 314 g/mol. The van der Waals surface area contributed by atoms with E-state index in [0.29, 0.717) is 6.54 Å². The number of benzene rings is 1. The van der Waals surface area contributed by atoms with Crippen molar-refractivity contribution in [3.05, 3.63) is 35.4 Å². The summed E-state index contributed by atoms with van der Waals surface area (Å²) in [6.45, 7) is 2.66. The largest absolute Gasteiger partial charge is 0.340 e. The van der Waals surface area contributed by atoms with Gasteiger partial charge in [0.05, 0.1) is 31.5 Å². The Bertz CT molecular complexity index is 598. The molecule has 1 aromatic carbocycles. The number of hydrogen-bond donors (Lipinski definition) is 0. The molecule has 0 spiro atoms. The quantitative estimate of drug-likeness (QED) is 0.695. The van der Waals surface area contributed by atoms with Crippen LogP contribution in [-0.2, 0) is 11.3 Å². The number of rotatable bonds is 9. The highest BCUT2D eigenvalue weighted by Crippen LogP contribution is 2.14. The van der Waals surface area contributed by atoms with Gasteiger partial charge in [-0.3, -0.25) is 9.69 Å². The topological polar surface area (TPSA) is 71.1 Å². The third-order valence-corrected chi connectivity index (χ3v) is 3.59. The Labute approximate surface area is 140 Å². The molecule has 0 saturated carbocycles. The fraction of sp³-hybridized carbons (Fsp3) is 0.471. The standard InChI is InChI=1S/C17H20F2N4O/c1-2-22(12-14-15(18)6-3-7-16(14)19)13-17(24)23(10-4-8-20)11-5-9-21/h3,6-7H,2,4-5,10-13H2,1H3. The van der Waals surface area contributed by atoms with Gasteiger partial charge in [-0.05, 0) is 18.7 Å². The zero-order valence-corrected chi connectivity index (χ0v) is 13.6. The summed E-state index contributed by atoms with van der Waals surface area (Å²) in [6, 6.07) is 7.58. The van der Waals surface area contributed by atoms with Gasteiger partial charge in [-0.1, -0.05) is 13.0 Å². The molecule has 1 aromatic rings. The lowest BCUT2D eigenvalue weighted by molar-refractivity contribution is -0.132. The van der Waals surface area contributed by atoms with E-state index in [4.69, 9.17) is 10.5 Å². The van der Waals surface area contributed by atoms with Crippen LogP contribution in [0.25, 0.3) is 0 Å². The van der Waals surface area contributed by atoms with Crippen molar-refractivity contribution in [1.82, 2.24) is 9.80 Å². The van der Waals surface area contributed by atoms with Gasteiger partial charge in [0.1, 0.15) is 11.6 Å². The molecule has 0 aliphatic rings. The van der Waals surface area contributed by atoms with E-state index < -0.39 is 11.6 Å². The van der Waals surface area contributed by atoms with Gasteiger partial charge >= 0.3 is 0 Å². The van der Waals surface area contributed by atoms with E-state index in [1.165, 1.54) is 23.1 Å². The minimum absolute atomic E-state index is 0.0227. The molecule has 1 rings (SSSR count). The van der Waals surface area contributed by atoms with Gasteiger partial charge in [0.25, 0.3) is 0 Å². The molecule has 128 valence electrons. The van der Waals surface area contributed by atoms with Gasteiger partial charge in [-0.25, -0.2) is 8.78 Å². The van der Waals surface area contributed by atoms with Crippen molar-refractivity contribution in [2.24, 2.45) is 0 Å². The van der Waals surface area contributed by atoms with Crippen LogP contribution in [0.2, 0.25) is 0 Å². The van der Waals surface area contributed by atoms with Crippen LogP contribution in [0, 0.1) is 34.3 Å². The zero-order chi connectivity index (χ0) is 17.9. The van der Waals surface area contributed by atoms with E-state index in [0.717, 1.165) is 0 Å². The SMILES string of the molecule is CCN(CC(=O)N(CCC#N)CCC#N)Cc1c(F)cccc1F. The lowest BCUT2D eigenvalue weighted by atomic mass is 10.2. The molecule has 0 unspecified atom stereocenters. The van der Waals surface area contributed by atoms with Crippen LogP contribution >= 0.6 is 0 Å². The molecule has 1 amide bonds. The average Bonchev–Trinajstić information content (AvgIpc) is 2.57. The van der Waals surface area contributed by atoms with Crippen molar-refractivity contribution < 1.29 is 13.6 Å². The van der Waals surface area contributed by atoms with Crippen LogP contribution in [0.4, 0.5) is 8.78 Å². The van der Waals surface area contributed by atoms with Crippen molar-refractivity contribution in [2.75, 3.05) is 26.2 Å². The number of hydrogen-bond acceptors (Lipinski definition) is 4. The normalized spacial score (nSPS) is 10.2. The van der Waals surface area contributed by atoms with Crippen LogP contribution in [0.5, 0.6) is 0 Å². The molecule has 0 radical (unpaired) electrons. The third kappa shape index (κ3) is 5.94. The zero-order valence-electron chi connectivity index (χ0n) is 13.6. The first-order valence-corrected chi connectivity index (χ1v) is 7.70. The van der Waals surface area contributed by atoms with Crippen molar-refractivity contribution in [2.45, 2.75) is 26.3 Å². The summed E-state index contributed by atoms with van der Waals surface area (Å²) in [7, 11) is 0. The number of halogens is 2. The minimum atomic E-state index is -0.647. The van der Waals surface area contributed by atoms with Crippen LogP contribution in [0.3, 0.4) is 0 Å². The summed E-state index contributed by atoms with van der Waals surface area (Å²) in [6.07, 6.45) is 0.344. The van der Waals surface area contributed by atoms with Gasteiger partial charge in [0, 0.05) is 25.2 Å². The van der Waals surface area contributed by atoms with Gasteiger partial charge in [-0.2, -0.15) is 10.5 Å². The van der Waals surface area contributed by atoms with E-state index in [-0.39, 0.29) is 50.5 Å². The van der Waals surface area contributed by atoms with Gasteiger partial charge in [-0.15, -0.1) is 0 Å². The fourth-order valence-electron chi connectivity index (χ4n) is 2.21. The van der Waals surface area contributed by atoms with E-state index in [2.05, 4.69) is 0 Å². The molecule has 0 atom stereocenters. The van der Waals surface area contributed by atoms with Crippen LogP contribution in [0.15, 0.2) is 18.2 Å². The second-order valence-electron chi connectivity index (χ2n) is 5.20. The van der Waals surface area contributed by atoms with Crippen LogP contribution in [0.1, 0.15) is 25.3 Å². The minimum Gasteiger partial charge on any atom is -0.340 e. The van der Waals surface area contributed by atoms with Crippen molar-refractivity contribution in [3.63, 3.8) is 0 Å². The maximum absolute atomic E-state index is 13.7. The molecule has 0 aliphatic heterocycles. The summed E-state index contributed by atoms with van der Waals surface area (Å²) in [5, 5.41) is 17.3. The number of carbonyl (C=O) groups is 1. The third-order valence-electron chi connectivity index (χ3n) is 3.59. The van der Waals surface area contributed by atoms with Crippen molar-refractivity contribution in [1.29, 1.82) is 10.5 Å². The summed E-state index contributed by atoms with van der Waals surface area (Å²) < 4.78 is 27.5. The summed E-state index contributed by atoms with van der Waals surface area (Å²) in [5.41, 5.74) is -0.0762. The maximum atomic E-state index is 13.7. The van der Waals surface area contributed by atoms with E-state index in [1.54, 1.807) is 11.8 Å². The molecule has 7 heteroatoms. The highest BCUT2D eigenvalue weighted by Gasteiger charge is 2.19. The number of carbonyl (C=O) groups excluding carboxylic acids is 1. The van der Waals surface area contributed by atoms with Crippen LogP contribution < -0.4 is 0 Å². The summed E-state index contributed by atoms with van der Waals surface area (Å²) >= 11 is 0. The summed E-state index contributed by atoms with van der Waals surface area (Å²) in [4.78, 5) is 15.4. The summed E-state index contributed by atoms with van der Waals surface area (Å²) in [5.74, 6) is -1.56. The molecule has 5 nitrogen and oxygen atoms in total. The first kappa shape index (κ1) is 19.5. The molecule has 24 heavy (non-hydrogen) atoms. The Kier molecular flexibility index (Phi) is 8.38. The van der Waals surface area contributed by atoms with Crippen LogP contribution in [-0.4, -0.2) is 41.9 Å². The number of nitrogens with zero attached hydrogens (tertiary/aromatic N) is 4. The Morgan fingerprint density at radius 3 is 2.12 bits per heavy atom. The molecule has 0 heterocycles. The first-order chi connectivity index (χ1) is 11.5. The predicted molar refractivity (Wildman–Crippen MR) is 84.3 cm³/mol. The van der Waals surface area contributed by atoms with E-state index >= 15 is 0 Å². The highest BCUT2D eigenvalue weighted by molar-refractivity contribution is 5.78. The predicted octanol–water partition coefficient (Wildman–Crippen LogP) is 2.44. The monoisotopic (exact) mass is 334 g/mol. The number of nitriles is 2. The second-order valence-corrected chi connectivity index (χ2v) is 5.20.